The Labute approximate surface area is 119 Å². The molecular weight excluding hydrogens is 254 g/mol. The molecule has 0 spiro atoms. The third-order valence-corrected chi connectivity index (χ3v) is 2.99. The van der Waals surface area contributed by atoms with Crippen molar-refractivity contribution in [3.05, 3.63) is 41.5 Å². The number of nitrogens with one attached hydrogen (secondary N) is 1. The van der Waals surface area contributed by atoms with Crippen molar-refractivity contribution in [1.82, 2.24) is 15.5 Å². The van der Waals surface area contributed by atoms with Crippen LogP contribution in [-0.4, -0.2) is 16.7 Å². The molecule has 0 radical (unpaired) electrons. The minimum atomic E-state index is 0.217. The quantitative estimate of drug-likeness (QED) is 0.841. The van der Waals surface area contributed by atoms with Crippen LogP contribution in [-0.2, 0) is 6.54 Å². The van der Waals surface area contributed by atoms with Gasteiger partial charge in [0.25, 0.3) is 0 Å². The first-order valence-corrected chi connectivity index (χ1v) is 6.94. The van der Waals surface area contributed by atoms with Gasteiger partial charge >= 0.3 is 0 Å². The Kier molecular flexibility index (Phi) is 5.12. The summed E-state index contributed by atoms with van der Waals surface area (Å²) in [6.07, 6.45) is 1.02. The zero-order valence-electron chi connectivity index (χ0n) is 12.2. The molecule has 0 aliphatic rings. The van der Waals surface area contributed by atoms with Crippen molar-refractivity contribution in [2.75, 3.05) is 6.61 Å². The summed E-state index contributed by atoms with van der Waals surface area (Å²) in [5.41, 5.74) is 1.20. The van der Waals surface area contributed by atoms with Crippen LogP contribution in [0.1, 0.15) is 43.6 Å². The van der Waals surface area contributed by atoms with Gasteiger partial charge in [-0.1, -0.05) is 24.2 Å². The van der Waals surface area contributed by atoms with Gasteiger partial charge in [-0.25, -0.2) is 0 Å². The summed E-state index contributed by atoms with van der Waals surface area (Å²) in [5, 5.41) is 7.23. The van der Waals surface area contributed by atoms with Crippen molar-refractivity contribution in [2.45, 2.75) is 39.8 Å². The van der Waals surface area contributed by atoms with E-state index in [2.05, 4.69) is 41.4 Å². The van der Waals surface area contributed by atoms with Crippen LogP contribution >= 0.6 is 0 Å². The van der Waals surface area contributed by atoms with Crippen LogP contribution in [0.15, 0.2) is 28.8 Å². The maximum Gasteiger partial charge on any atom is 0.223 e. The van der Waals surface area contributed by atoms with E-state index in [1.807, 2.05) is 12.1 Å². The first-order valence-electron chi connectivity index (χ1n) is 6.94. The molecule has 0 amide bonds. The Morgan fingerprint density at radius 2 is 2.05 bits per heavy atom. The van der Waals surface area contributed by atoms with Crippen LogP contribution < -0.4 is 10.1 Å². The molecule has 1 heterocycles. The molecule has 0 bridgehead atoms. The molecule has 0 fully saturated rings. The van der Waals surface area contributed by atoms with Crippen LogP contribution in [0.5, 0.6) is 5.75 Å². The zero-order chi connectivity index (χ0) is 14.4. The van der Waals surface area contributed by atoms with Crippen molar-refractivity contribution in [3.63, 3.8) is 0 Å². The first-order chi connectivity index (χ1) is 9.69. The van der Waals surface area contributed by atoms with Crippen molar-refractivity contribution >= 4 is 0 Å². The summed E-state index contributed by atoms with van der Waals surface area (Å²) < 4.78 is 10.5. The topological polar surface area (TPSA) is 60.2 Å². The van der Waals surface area contributed by atoms with E-state index in [1.165, 1.54) is 5.56 Å². The smallest absolute Gasteiger partial charge is 0.223 e. The summed E-state index contributed by atoms with van der Waals surface area (Å²) in [6, 6.07) is 8.37. The Morgan fingerprint density at radius 3 is 2.65 bits per heavy atom. The van der Waals surface area contributed by atoms with Gasteiger partial charge in [0.2, 0.25) is 5.89 Å². The monoisotopic (exact) mass is 275 g/mol. The predicted molar refractivity (Wildman–Crippen MR) is 76.5 cm³/mol. The highest BCUT2D eigenvalue weighted by molar-refractivity contribution is 5.28. The average molecular weight is 275 g/mol. The maximum absolute atomic E-state index is 5.57. The standard InChI is InChI=1S/C15H21N3O2/c1-4-9-19-14-7-5-13(6-8-14)11(2)16-10-15-17-12(3)20-18-15/h5-8,11,16H,4,9-10H2,1-3H3. The molecule has 1 atom stereocenters. The molecule has 0 aliphatic heterocycles. The lowest BCUT2D eigenvalue weighted by molar-refractivity contribution is 0.317. The van der Waals surface area contributed by atoms with Gasteiger partial charge in [0.1, 0.15) is 5.75 Å². The molecule has 1 aromatic heterocycles. The van der Waals surface area contributed by atoms with E-state index in [0.717, 1.165) is 18.8 Å². The third kappa shape index (κ3) is 4.06. The molecule has 1 aromatic carbocycles. The number of aryl methyl sites for hydroxylation is 1. The van der Waals surface area contributed by atoms with Crippen LogP contribution in [0.25, 0.3) is 0 Å². The number of benzene rings is 1. The van der Waals surface area contributed by atoms with Gasteiger partial charge in [-0.2, -0.15) is 4.98 Å². The fourth-order valence-corrected chi connectivity index (χ4v) is 1.85. The van der Waals surface area contributed by atoms with Crippen LogP contribution in [0, 0.1) is 6.92 Å². The second-order valence-corrected chi connectivity index (χ2v) is 4.75. The summed E-state index contributed by atoms with van der Waals surface area (Å²) in [5.74, 6) is 2.18. The number of hydrogen-bond donors (Lipinski definition) is 1. The molecule has 5 nitrogen and oxygen atoms in total. The van der Waals surface area contributed by atoms with E-state index in [0.29, 0.717) is 18.3 Å². The molecule has 0 aliphatic carbocycles. The molecule has 0 saturated carbocycles. The fourth-order valence-electron chi connectivity index (χ4n) is 1.85. The molecule has 108 valence electrons. The molecule has 2 rings (SSSR count). The van der Waals surface area contributed by atoms with E-state index < -0.39 is 0 Å². The number of aromatic nitrogens is 2. The average Bonchev–Trinajstić information content (AvgIpc) is 2.89. The molecule has 2 aromatic rings. The molecule has 5 heteroatoms. The van der Waals surface area contributed by atoms with Crippen molar-refractivity contribution in [1.29, 1.82) is 0 Å². The molecular formula is C15H21N3O2. The summed E-state index contributed by atoms with van der Waals surface area (Å²) in [6.45, 7) is 7.33. The van der Waals surface area contributed by atoms with Gasteiger partial charge in [-0.05, 0) is 31.0 Å². The van der Waals surface area contributed by atoms with Gasteiger partial charge in [0, 0.05) is 13.0 Å². The highest BCUT2D eigenvalue weighted by Gasteiger charge is 2.07. The van der Waals surface area contributed by atoms with Crippen molar-refractivity contribution in [2.24, 2.45) is 0 Å². The van der Waals surface area contributed by atoms with E-state index in [9.17, 15) is 0 Å². The molecule has 0 saturated heterocycles. The molecule has 1 unspecified atom stereocenters. The van der Waals surface area contributed by atoms with Gasteiger partial charge in [0.05, 0.1) is 13.2 Å². The number of rotatable bonds is 7. The van der Waals surface area contributed by atoms with E-state index in [-0.39, 0.29) is 6.04 Å². The largest absolute Gasteiger partial charge is 0.494 e. The van der Waals surface area contributed by atoms with Gasteiger partial charge in [0.15, 0.2) is 5.82 Å². The minimum absolute atomic E-state index is 0.217. The fraction of sp³-hybridized carbons (Fsp3) is 0.467. The van der Waals surface area contributed by atoms with Gasteiger partial charge in [-0.15, -0.1) is 0 Å². The number of nitrogens with zero attached hydrogens (tertiary/aromatic N) is 2. The highest BCUT2D eigenvalue weighted by atomic mass is 16.5. The second kappa shape index (κ2) is 7.05. The van der Waals surface area contributed by atoms with Crippen LogP contribution in [0.2, 0.25) is 0 Å². The third-order valence-electron chi connectivity index (χ3n) is 2.99. The lowest BCUT2D eigenvalue weighted by atomic mass is 10.1. The molecule has 20 heavy (non-hydrogen) atoms. The summed E-state index contributed by atoms with van der Waals surface area (Å²) >= 11 is 0. The van der Waals surface area contributed by atoms with E-state index in [4.69, 9.17) is 9.26 Å². The van der Waals surface area contributed by atoms with E-state index >= 15 is 0 Å². The lowest BCUT2D eigenvalue weighted by Crippen LogP contribution is -2.18. The Hall–Kier alpha value is -1.88. The summed E-state index contributed by atoms with van der Waals surface area (Å²) in [7, 11) is 0. The van der Waals surface area contributed by atoms with Gasteiger partial charge in [-0.3, -0.25) is 0 Å². The summed E-state index contributed by atoms with van der Waals surface area (Å²) in [4.78, 5) is 4.16. The van der Waals surface area contributed by atoms with Crippen LogP contribution in [0.3, 0.4) is 0 Å². The maximum atomic E-state index is 5.57. The SMILES string of the molecule is CCCOc1ccc(C(C)NCc2noc(C)n2)cc1. The Morgan fingerprint density at radius 1 is 1.30 bits per heavy atom. The lowest BCUT2D eigenvalue weighted by Gasteiger charge is -2.13. The first kappa shape index (κ1) is 14.5. The van der Waals surface area contributed by atoms with E-state index in [1.54, 1.807) is 6.92 Å². The predicted octanol–water partition coefficient (Wildman–Crippen LogP) is 3.02. The zero-order valence-corrected chi connectivity index (χ0v) is 12.2. The number of ether oxygens (including phenoxy) is 1. The Bertz CT molecular complexity index is 522. The van der Waals surface area contributed by atoms with Crippen molar-refractivity contribution in [3.8, 4) is 5.75 Å². The van der Waals surface area contributed by atoms with Gasteiger partial charge < -0.3 is 14.6 Å². The van der Waals surface area contributed by atoms with Crippen molar-refractivity contribution < 1.29 is 9.26 Å². The second-order valence-electron chi connectivity index (χ2n) is 4.75. The number of hydrogen-bond acceptors (Lipinski definition) is 5. The normalized spacial score (nSPS) is 12.3. The van der Waals surface area contributed by atoms with Crippen LogP contribution in [0.4, 0.5) is 0 Å². The highest BCUT2D eigenvalue weighted by Crippen LogP contribution is 2.18. The Balaban J connectivity index is 1.86. The molecule has 1 N–H and O–H groups in total. The minimum Gasteiger partial charge on any atom is -0.494 e.